The Kier molecular flexibility index (Phi) is 5.19. The molecular weight excluding hydrogens is 285 g/mol. The van der Waals surface area contributed by atoms with Crippen LogP contribution in [-0.4, -0.2) is 43.1 Å². The molecule has 0 unspecified atom stereocenters. The first kappa shape index (κ1) is 15.8. The average molecular weight is 299 g/mol. The van der Waals surface area contributed by atoms with Crippen molar-refractivity contribution in [3.05, 3.63) is 21.6 Å². The maximum atomic E-state index is 12.2. The topological polar surface area (TPSA) is 50.2 Å². The Morgan fingerprint density at radius 3 is 2.68 bits per heavy atom. The zero-order valence-corrected chi connectivity index (χ0v) is 11.2. The van der Waals surface area contributed by atoms with Crippen LogP contribution in [0.4, 0.5) is 18.9 Å². The quantitative estimate of drug-likeness (QED) is 0.885. The van der Waals surface area contributed by atoms with E-state index < -0.39 is 18.3 Å². The molecule has 1 aromatic heterocycles. The van der Waals surface area contributed by atoms with Crippen LogP contribution in [0, 0.1) is 0 Å². The molecule has 1 N–H and O–H groups in total. The van der Waals surface area contributed by atoms with E-state index in [0.717, 1.165) is 6.20 Å². The van der Waals surface area contributed by atoms with Gasteiger partial charge in [0.05, 0.1) is 11.9 Å². The number of alkyl halides is 3. The standard InChI is InChI=1S/C10H14ClF3N4O/c1-15-3-4-17(2)7-5-16-18(6-10(12,13)14)9(19)8(7)11/h5,15H,3-4,6H2,1-2H3. The molecule has 1 heterocycles. The summed E-state index contributed by atoms with van der Waals surface area (Å²) in [5, 5.41) is 6.13. The number of rotatable bonds is 5. The maximum absolute atomic E-state index is 12.2. The van der Waals surface area contributed by atoms with Crippen molar-refractivity contribution >= 4 is 17.3 Å². The summed E-state index contributed by atoms with van der Waals surface area (Å²) in [6.45, 7) is -0.273. The summed E-state index contributed by atoms with van der Waals surface area (Å²) in [4.78, 5) is 13.3. The van der Waals surface area contributed by atoms with Gasteiger partial charge in [-0.15, -0.1) is 0 Å². The summed E-state index contributed by atoms with van der Waals surface area (Å²) >= 11 is 5.80. The van der Waals surface area contributed by atoms with Crippen molar-refractivity contribution in [2.24, 2.45) is 0 Å². The number of nitrogens with zero attached hydrogens (tertiary/aromatic N) is 3. The number of nitrogens with one attached hydrogen (secondary N) is 1. The van der Waals surface area contributed by atoms with Crippen LogP contribution in [0.2, 0.25) is 5.02 Å². The molecule has 0 amide bonds. The highest BCUT2D eigenvalue weighted by Gasteiger charge is 2.29. The third-order valence-corrected chi connectivity index (χ3v) is 2.76. The van der Waals surface area contributed by atoms with E-state index in [1.807, 2.05) is 0 Å². The molecule has 1 aromatic rings. The van der Waals surface area contributed by atoms with E-state index in [-0.39, 0.29) is 5.02 Å². The van der Waals surface area contributed by atoms with E-state index in [0.29, 0.717) is 23.5 Å². The van der Waals surface area contributed by atoms with Crippen molar-refractivity contribution in [3.63, 3.8) is 0 Å². The van der Waals surface area contributed by atoms with Crippen LogP contribution >= 0.6 is 11.6 Å². The van der Waals surface area contributed by atoms with Crippen molar-refractivity contribution in [2.45, 2.75) is 12.7 Å². The van der Waals surface area contributed by atoms with Gasteiger partial charge in [-0.3, -0.25) is 4.79 Å². The monoisotopic (exact) mass is 298 g/mol. The molecule has 0 aliphatic heterocycles. The van der Waals surface area contributed by atoms with Crippen LogP contribution in [0.25, 0.3) is 0 Å². The minimum atomic E-state index is -4.51. The van der Waals surface area contributed by atoms with Gasteiger partial charge in [0.1, 0.15) is 11.6 Å². The summed E-state index contributed by atoms with van der Waals surface area (Å²) in [6, 6.07) is 0. The molecule has 0 fully saturated rings. The second kappa shape index (κ2) is 6.25. The number of hydrogen-bond acceptors (Lipinski definition) is 4. The number of halogens is 4. The minimum absolute atomic E-state index is 0.266. The SMILES string of the molecule is CNCCN(C)c1cnn(CC(F)(F)F)c(=O)c1Cl. The van der Waals surface area contributed by atoms with Crippen LogP contribution in [0.3, 0.4) is 0 Å². The fourth-order valence-electron chi connectivity index (χ4n) is 1.40. The highest BCUT2D eigenvalue weighted by atomic mass is 35.5. The third-order valence-electron chi connectivity index (χ3n) is 2.40. The van der Waals surface area contributed by atoms with Gasteiger partial charge in [-0.1, -0.05) is 11.6 Å². The van der Waals surface area contributed by atoms with Crippen LogP contribution in [0.1, 0.15) is 0 Å². The molecule has 0 radical (unpaired) electrons. The van der Waals surface area contributed by atoms with Crippen LogP contribution in [0.5, 0.6) is 0 Å². The minimum Gasteiger partial charge on any atom is -0.371 e. The lowest BCUT2D eigenvalue weighted by atomic mass is 10.4. The first-order chi connectivity index (χ1) is 8.76. The predicted molar refractivity (Wildman–Crippen MR) is 66.8 cm³/mol. The highest BCUT2D eigenvalue weighted by Crippen LogP contribution is 2.21. The van der Waals surface area contributed by atoms with Crippen molar-refractivity contribution in [3.8, 4) is 0 Å². The molecule has 5 nitrogen and oxygen atoms in total. The lowest BCUT2D eigenvalue weighted by molar-refractivity contribution is -0.143. The number of likely N-dealkylation sites (N-methyl/N-ethyl adjacent to an activating group) is 2. The van der Waals surface area contributed by atoms with E-state index in [9.17, 15) is 18.0 Å². The smallest absolute Gasteiger partial charge is 0.371 e. The molecule has 1 rings (SSSR count). The van der Waals surface area contributed by atoms with Crippen LogP contribution in [0.15, 0.2) is 11.0 Å². The van der Waals surface area contributed by atoms with Gasteiger partial charge in [-0.05, 0) is 7.05 Å². The first-order valence-corrected chi connectivity index (χ1v) is 5.82. The van der Waals surface area contributed by atoms with Gasteiger partial charge in [0.25, 0.3) is 5.56 Å². The van der Waals surface area contributed by atoms with Crippen LogP contribution < -0.4 is 15.8 Å². The van der Waals surface area contributed by atoms with Gasteiger partial charge in [0.15, 0.2) is 0 Å². The summed E-state index contributed by atoms with van der Waals surface area (Å²) in [7, 11) is 3.43. The van der Waals surface area contributed by atoms with E-state index in [4.69, 9.17) is 11.6 Å². The molecule has 0 aliphatic carbocycles. The summed E-state index contributed by atoms with van der Waals surface area (Å²) in [6.07, 6.45) is -3.36. The summed E-state index contributed by atoms with van der Waals surface area (Å²) in [5.74, 6) is 0. The van der Waals surface area contributed by atoms with Gasteiger partial charge < -0.3 is 10.2 Å². The maximum Gasteiger partial charge on any atom is 0.408 e. The van der Waals surface area contributed by atoms with E-state index >= 15 is 0 Å². The van der Waals surface area contributed by atoms with Gasteiger partial charge >= 0.3 is 6.18 Å². The first-order valence-electron chi connectivity index (χ1n) is 5.44. The third kappa shape index (κ3) is 4.39. The fraction of sp³-hybridized carbons (Fsp3) is 0.600. The summed E-state index contributed by atoms with van der Waals surface area (Å²) in [5.41, 5.74) is -0.645. The van der Waals surface area contributed by atoms with Gasteiger partial charge in [-0.2, -0.15) is 18.3 Å². The van der Waals surface area contributed by atoms with Gasteiger partial charge in [0.2, 0.25) is 0 Å². The molecular formula is C10H14ClF3N4O. The average Bonchev–Trinajstić information content (AvgIpc) is 2.30. The largest absolute Gasteiger partial charge is 0.408 e. The van der Waals surface area contributed by atoms with Crippen molar-refractivity contribution in [1.82, 2.24) is 15.1 Å². The molecule has 0 aliphatic rings. The Morgan fingerprint density at radius 2 is 2.16 bits per heavy atom. The molecule has 0 spiro atoms. The molecule has 19 heavy (non-hydrogen) atoms. The molecule has 0 aromatic carbocycles. The normalized spacial score (nSPS) is 11.7. The fourth-order valence-corrected chi connectivity index (χ4v) is 1.70. The Labute approximate surface area is 113 Å². The second-order valence-corrected chi connectivity index (χ2v) is 4.32. The van der Waals surface area contributed by atoms with Crippen molar-refractivity contribution < 1.29 is 13.2 Å². The molecule has 108 valence electrons. The Bertz CT molecular complexity index is 489. The summed E-state index contributed by atoms with van der Waals surface area (Å²) < 4.78 is 37.0. The number of anilines is 1. The lowest BCUT2D eigenvalue weighted by Crippen LogP contribution is -2.33. The Balaban J connectivity index is 3.01. The van der Waals surface area contributed by atoms with Crippen molar-refractivity contribution in [2.75, 3.05) is 32.1 Å². The molecule has 0 saturated heterocycles. The van der Waals surface area contributed by atoms with E-state index in [1.165, 1.54) is 0 Å². The Hall–Kier alpha value is -1.28. The zero-order valence-electron chi connectivity index (χ0n) is 10.5. The zero-order chi connectivity index (χ0) is 14.6. The number of hydrogen-bond donors (Lipinski definition) is 1. The van der Waals surface area contributed by atoms with E-state index in [2.05, 4.69) is 10.4 Å². The van der Waals surface area contributed by atoms with E-state index in [1.54, 1.807) is 19.0 Å². The Morgan fingerprint density at radius 1 is 1.53 bits per heavy atom. The second-order valence-electron chi connectivity index (χ2n) is 3.95. The van der Waals surface area contributed by atoms with Gasteiger partial charge in [0, 0.05) is 20.1 Å². The van der Waals surface area contributed by atoms with Crippen molar-refractivity contribution in [1.29, 1.82) is 0 Å². The number of aromatic nitrogens is 2. The molecule has 9 heteroatoms. The van der Waals surface area contributed by atoms with Gasteiger partial charge in [-0.25, -0.2) is 4.68 Å². The molecule has 0 atom stereocenters. The highest BCUT2D eigenvalue weighted by molar-refractivity contribution is 6.33. The molecule has 0 saturated carbocycles. The van der Waals surface area contributed by atoms with Crippen LogP contribution in [-0.2, 0) is 6.54 Å². The predicted octanol–water partition coefficient (Wildman–Crippen LogP) is 1.11. The lowest BCUT2D eigenvalue weighted by Gasteiger charge is -2.20. The molecule has 0 bridgehead atoms.